The lowest BCUT2D eigenvalue weighted by molar-refractivity contribution is -0.148. The molecule has 19 heavy (non-hydrogen) atoms. The topological polar surface area (TPSA) is 50.1 Å². The van der Waals surface area contributed by atoms with Crippen LogP contribution in [-0.2, 0) is 9.53 Å². The average molecular weight is 263 g/mol. The molecule has 1 atom stereocenters. The van der Waals surface area contributed by atoms with Gasteiger partial charge in [-0.15, -0.1) is 0 Å². The van der Waals surface area contributed by atoms with Crippen molar-refractivity contribution in [3.63, 3.8) is 0 Å². The van der Waals surface area contributed by atoms with Crippen molar-refractivity contribution in [2.45, 2.75) is 52.4 Å². The van der Waals surface area contributed by atoms with Gasteiger partial charge in [-0.05, 0) is 50.9 Å². The van der Waals surface area contributed by atoms with Gasteiger partial charge >= 0.3 is 5.97 Å². The third kappa shape index (κ3) is 5.06. The first-order chi connectivity index (χ1) is 9.22. The quantitative estimate of drug-likeness (QED) is 0.540. The second-order valence-electron chi connectivity index (χ2n) is 5.25. The highest BCUT2D eigenvalue weighted by Crippen LogP contribution is 2.34. The SMILES string of the molecule is CCC/C=C/C1CCC(C(C#N)C(=O)OCC)CC1. The van der Waals surface area contributed by atoms with E-state index in [-0.39, 0.29) is 11.9 Å². The molecule has 106 valence electrons. The minimum Gasteiger partial charge on any atom is -0.465 e. The van der Waals surface area contributed by atoms with Gasteiger partial charge in [0.15, 0.2) is 0 Å². The molecule has 0 N–H and O–H groups in total. The number of nitriles is 1. The molecule has 1 aliphatic rings. The summed E-state index contributed by atoms with van der Waals surface area (Å²) in [6, 6.07) is 2.13. The highest BCUT2D eigenvalue weighted by molar-refractivity contribution is 5.75. The summed E-state index contributed by atoms with van der Waals surface area (Å²) in [6.45, 7) is 4.31. The highest BCUT2D eigenvalue weighted by atomic mass is 16.5. The number of unbranched alkanes of at least 4 members (excludes halogenated alkanes) is 1. The van der Waals surface area contributed by atoms with E-state index in [1.807, 2.05) is 0 Å². The van der Waals surface area contributed by atoms with Gasteiger partial charge in [0.1, 0.15) is 5.92 Å². The fraction of sp³-hybridized carbons (Fsp3) is 0.750. The van der Waals surface area contributed by atoms with E-state index in [0.29, 0.717) is 12.5 Å². The maximum Gasteiger partial charge on any atom is 0.323 e. The van der Waals surface area contributed by atoms with E-state index in [1.54, 1.807) is 6.92 Å². The lowest BCUT2D eigenvalue weighted by Crippen LogP contribution is -2.28. The molecule has 0 amide bonds. The van der Waals surface area contributed by atoms with Crippen LogP contribution in [0.15, 0.2) is 12.2 Å². The Kier molecular flexibility index (Phi) is 7.25. The Morgan fingerprint density at radius 1 is 1.37 bits per heavy atom. The van der Waals surface area contributed by atoms with Crippen LogP contribution in [-0.4, -0.2) is 12.6 Å². The van der Waals surface area contributed by atoms with Crippen LogP contribution in [0.5, 0.6) is 0 Å². The summed E-state index contributed by atoms with van der Waals surface area (Å²) in [7, 11) is 0. The zero-order valence-electron chi connectivity index (χ0n) is 12.1. The summed E-state index contributed by atoms with van der Waals surface area (Å²) in [5.41, 5.74) is 0. The number of allylic oxidation sites excluding steroid dienone is 2. The van der Waals surface area contributed by atoms with Crippen LogP contribution in [0.3, 0.4) is 0 Å². The number of nitrogens with zero attached hydrogens (tertiary/aromatic N) is 1. The molecule has 0 aliphatic heterocycles. The summed E-state index contributed by atoms with van der Waals surface area (Å²) in [4.78, 5) is 11.7. The molecule has 0 aromatic carbocycles. The van der Waals surface area contributed by atoms with E-state index in [2.05, 4.69) is 25.1 Å². The Labute approximate surface area is 116 Å². The van der Waals surface area contributed by atoms with Crippen LogP contribution in [0, 0.1) is 29.1 Å². The van der Waals surface area contributed by atoms with E-state index < -0.39 is 5.92 Å². The summed E-state index contributed by atoms with van der Waals surface area (Å²) in [5, 5.41) is 9.15. The number of carbonyl (C=O) groups is 1. The maximum absolute atomic E-state index is 11.7. The van der Waals surface area contributed by atoms with Crippen LogP contribution in [0.2, 0.25) is 0 Å². The second-order valence-corrected chi connectivity index (χ2v) is 5.25. The van der Waals surface area contributed by atoms with Crippen LogP contribution in [0.25, 0.3) is 0 Å². The molecule has 1 aliphatic carbocycles. The first-order valence-electron chi connectivity index (χ1n) is 7.45. The molecule has 0 aromatic rings. The Morgan fingerprint density at radius 3 is 2.58 bits per heavy atom. The molecule has 1 fully saturated rings. The fourth-order valence-corrected chi connectivity index (χ4v) is 2.71. The van der Waals surface area contributed by atoms with Crippen molar-refractivity contribution in [3.05, 3.63) is 12.2 Å². The monoisotopic (exact) mass is 263 g/mol. The number of rotatable bonds is 6. The molecule has 0 radical (unpaired) electrons. The van der Waals surface area contributed by atoms with Gasteiger partial charge in [0.2, 0.25) is 0 Å². The minimum atomic E-state index is -0.569. The Bertz CT molecular complexity index is 335. The molecule has 1 saturated carbocycles. The smallest absolute Gasteiger partial charge is 0.323 e. The van der Waals surface area contributed by atoms with Gasteiger partial charge in [0.05, 0.1) is 12.7 Å². The molecule has 3 heteroatoms. The van der Waals surface area contributed by atoms with E-state index in [9.17, 15) is 4.79 Å². The van der Waals surface area contributed by atoms with Crippen LogP contribution in [0.4, 0.5) is 0 Å². The number of esters is 1. The first-order valence-corrected chi connectivity index (χ1v) is 7.45. The van der Waals surface area contributed by atoms with Crippen LogP contribution in [0.1, 0.15) is 52.4 Å². The molecule has 1 rings (SSSR count). The Morgan fingerprint density at radius 2 is 2.05 bits per heavy atom. The second kappa shape index (κ2) is 8.74. The lowest BCUT2D eigenvalue weighted by atomic mass is 9.76. The molecule has 0 bridgehead atoms. The molecule has 0 heterocycles. The van der Waals surface area contributed by atoms with Gasteiger partial charge < -0.3 is 4.74 Å². The zero-order chi connectivity index (χ0) is 14.1. The number of hydrogen-bond donors (Lipinski definition) is 0. The molecule has 0 saturated heterocycles. The van der Waals surface area contributed by atoms with E-state index >= 15 is 0 Å². The van der Waals surface area contributed by atoms with Gasteiger partial charge in [0, 0.05) is 0 Å². The molecular formula is C16H25NO2. The van der Waals surface area contributed by atoms with Crippen molar-refractivity contribution in [2.75, 3.05) is 6.61 Å². The molecule has 0 spiro atoms. The van der Waals surface area contributed by atoms with Crippen molar-refractivity contribution < 1.29 is 9.53 Å². The zero-order valence-corrected chi connectivity index (χ0v) is 12.1. The van der Waals surface area contributed by atoms with Crippen LogP contribution < -0.4 is 0 Å². The van der Waals surface area contributed by atoms with Crippen molar-refractivity contribution in [1.29, 1.82) is 5.26 Å². The predicted molar refractivity (Wildman–Crippen MR) is 75.2 cm³/mol. The largest absolute Gasteiger partial charge is 0.465 e. The standard InChI is InChI=1S/C16H25NO2/c1-3-5-6-7-13-8-10-14(11-9-13)15(12-17)16(18)19-4-2/h6-7,13-15H,3-5,8-11H2,1-2H3/b7-6+. The van der Waals surface area contributed by atoms with E-state index in [1.165, 1.54) is 6.42 Å². The van der Waals surface area contributed by atoms with Gasteiger partial charge in [-0.3, -0.25) is 4.79 Å². The highest BCUT2D eigenvalue weighted by Gasteiger charge is 2.32. The lowest BCUT2D eigenvalue weighted by Gasteiger charge is -2.28. The maximum atomic E-state index is 11.7. The van der Waals surface area contributed by atoms with Crippen molar-refractivity contribution in [3.8, 4) is 6.07 Å². The summed E-state index contributed by atoms with van der Waals surface area (Å²) < 4.78 is 4.98. The summed E-state index contributed by atoms with van der Waals surface area (Å²) in [5.74, 6) is -0.0975. The normalized spacial score (nSPS) is 24.9. The van der Waals surface area contributed by atoms with Gasteiger partial charge in [-0.25, -0.2) is 0 Å². The van der Waals surface area contributed by atoms with Gasteiger partial charge in [-0.2, -0.15) is 5.26 Å². The third-order valence-electron chi connectivity index (χ3n) is 3.83. The minimum absolute atomic E-state index is 0.180. The van der Waals surface area contributed by atoms with Crippen LogP contribution >= 0.6 is 0 Å². The van der Waals surface area contributed by atoms with E-state index in [0.717, 1.165) is 32.1 Å². The fourth-order valence-electron chi connectivity index (χ4n) is 2.71. The Hall–Kier alpha value is -1.30. The number of carbonyl (C=O) groups excluding carboxylic acids is 1. The summed E-state index contributed by atoms with van der Waals surface area (Å²) in [6.07, 6.45) is 11.0. The van der Waals surface area contributed by atoms with Crippen molar-refractivity contribution in [1.82, 2.24) is 0 Å². The number of hydrogen-bond acceptors (Lipinski definition) is 3. The molecule has 1 unspecified atom stereocenters. The third-order valence-corrected chi connectivity index (χ3v) is 3.83. The van der Waals surface area contributed by atoms with Crippen molar-refractivity contribution >= 4 is 5.97 Å². The molecule has 0 aromatic heterocycles. The number of ether oxygens (including phenoxy) is 1. The van der Waals surface area contributed by atoms with Gasteiger partial charge in [-0.1, -0.05) is 25.5 Å². The van der Waals surface area contributed by atoms with Crippen molar-refractivity contribution in [2.24, 2.45) is 17.8 Å². The Balaban J connectivity index is 2.43. The van der Waals surface area contributed by atoms with Gasteiger partial charge in [0.25, 0.3) is 0 Å². The molecule has 3 nitrogen and oxygen atoms in total. The first kappa shape index (κ1) is 15.8. The van der Waals surface area contributed by atoms with E-state index in [4.69, 9.17) is 10.00 Å². The predicted octanol–water partition coefficient (Wildman–Crippen LogP) is 3.85. The summed E-state index contributed by atoms with van der Waals surface area (Å²) >= 11 is 0. The average Bonchev–Trinajstić information content (AvgIpc) is 2.42. The molecular weight excluding hydrogens is 238 g/mol.